The van der Waals surface area contributed by atoms with E-state index in [1.807, 2.05) is 53.2 Å². The summed E-state index contributed by atoms with van der Waals surface area (Å²) in [6.45, 7) is 1.15. The summed E-state index contributed by atoms with van der Waals surface area (Å²) in [5.41, 5.74) is 3.50. The number of aromatic nitrogens is 3. The first-order valence-corrected chi connectivity index (χ1v) is 9.38. The Bertz CT molecular complexity index is 1120. The molecule has 0 bridgehead atoms. The lowest BCUT2D eigenvalue weighted by molar-refractivity contribution is 0.0785. The third kappa shape index (κ3) is 4.11. The van der Waals surface area contributed by atoms with Crippen molar-refractivity contribution < 1.29 is 9.53 Å². The number of carbonyl (C=O) groups excluding carboxylic acids is 1. The normalized spacial score (nSPS) is 10.8. The molecule has 29 heavy (non-hydrogen) atoms. The lowest BCUT2D eigenvalue weighted by Gasteiger charge is -2.17. The fourth-order valence-electron chi connectivity index (χ4n) is 3.26. The summed E-state index contributed by atoms with van der Waals surface area (Å²) in [4.78, 5) is 19.0. The molecular weight excluding hydrogens is 364 g/mol. The topological polar surface area (TPSA) is 60.2 Å². The van der Waals surface area contributed by atoms with Crippen LogP contribution in [0.4, 0.5) is 0 Å². The van der Waals surface area contributed by atoms with Gasteiger partial charge in [0, 0.05) is 25.2 Å². The van der Waals surface area contributed by atoms with Crippen LogP contribution in [0.15, 0.2) is 73.1 Å². The van der Waals surface area contributed by atoms with Crippen LogP contribution in [-0.2, 0) is 13.1 Å². The predicted octanol–water partition coefficient (Wildman–Crippen LogP) is 3.76. The van der Waals surface area contributed by atoms with Gasteiger partial charge in [-0.15, -0.1) is 0 Å². The van der Waals surface area contributed by atoms with E-state index in [0.717, 1.165) is 27.9 Å². The number of rotatable bonds is 6. The van der Waals surface area contributed by atoms with Gasteiger partial charge in [0.15, 0.2) is 5.65 Å². The van der Waals surface area contributed by atoms with Gasteiger partial charge in [-0.3, -0.25) is 4.79 Å². The van der Waals surface area contributed by atoms with Crippen molar-refractivity contribution in [2.75, 3.05) is 14.2 Å². The molecule has 0 saturated heterocycles. The molecule has 0 atom stereocenters. The highest BCUT2D eigenvalue weighted by atomic mass is 16.5. The Morgan fingerprint density at radius 2 is 1.79 bits per heavy atom. The number of hydrogen-bond donors (Lipinski definition) is 0. The SMILES string of the molecule is COc1ccc(CN(C)C(=O)c2cnc3c(cnn3Cc3ccccc3)c2)cc1. The molecule has 4 aromatic rings. The minimum Gasteiger partial charge on any atom is -0.497 e. The summed E-state index contributed by atoms with van der Waals surface area (Å²) in [6.07, 6.45) is 3.38. The van der Waals surface area contributed by atoms with Gasteiger partial charge < -0.3 is 9.64 Å². The summed E-state index contributed by atoms with van der Waals surface area (Å²) < 4.78 is 7.02. The minimum atomic E-state index is -0.0778. The van der Waals surface area contributed by atoms with E-state index < -0.39 is 0 Å². The van der Waals surface area contributed by atoms with E-state index in [4.69, 9.17) is 4.74 Å². The lowest BCUT2D eigenvalue weighted by atomic mass is 10.1. The molecule has 6 heteroatoms. The van der Waals surface area contributed by atoms with Crippen LogP contribution in [0.2, 0.25) is 0 Å². The second kappa shape index (κ2) is 8.14. The van der Waals surface area contributed by atoms with Crippen LogP contribution in [0.3, 0.4) is 0 Å². The van der Waals surface area contributed by atoms with Crippen LogP contribution >= 0.6 is 0 Å². The summed E-state index contributed by atoms with van der Waals surface area (Å²) >= 11 is 0. The quantitative estimate of drug-likeness (QED) is 0.506. The molecule has 0 aliphatic rings. The number of amides is 1. The van der Waals surface area contributed by atoms with Gasteiger partial charge in [0.2, 0.25) is 0 Å². The van der Waals surface area contributed by atoms with Gasteiger partial charge in [0.25, 0.3) is 5.91 Å². The van der Waals surface area contributed by atoms with Crippen molar-refractivity contribution in [1.29, 1.82) is 0 Å². The zero-order chi connectivity index (χ0) is 20.2. The Morgan fingerprint density at radius 3 is 2.52 bits per heavy atom. The molecule has 0 aliphatic carbocycles. The summed E-state index contributed by atoms with van der Waals surface area (Å²) in [5, 5.41) is 5.29. The highest BCUT2D eigenvalue weighted by Gasteiger charge is 2.15. The predicted molar refractivity (Wildman–Crippen MR) is 112 cm³/mol. The van der Waals surface area contributed by atoms with Gasteiger partial charge in [-0.1, -0.05) is 42.5 Å². The second-order valence-electron chi connectivity index (χ2n) is 6.93. The first kappa shape index (κ1) is 18.7. The van der Waals surface area contributed by atoms with Crippen LogP contribution in [-0.4, -0.2) is 39.7 Å². The molecule has 4 rings (SSSR count). The number of fused-ring (bicyclic) bond motifs is 1. The largest absolute Gasteiger partial charge is 0.497 e. The number of benzene rings is 2. The van der Waals surface area contributed by atoms with E-state index in [-0.39, 0.29) is 5.91 Å². The van der Waals surface area contributed by atoms with Gasteiger partial charge in [-0.25, -0.2) is 9.67 Å². The maximum absolute atomic E-state index is 12.8. The number of methoxy groups -OCH3 is 1. The van der Waals surface area contributed by atoms with Crippen molar-refractivity contribution in [2.24, 2.45) is 0 Å². The fraction of sp³-hybridized carbons (Fsp3) is 0.174. The van der Waals surface area contributed by atoms with Crippen molar-refractivity contribution in [3.8, 4) is 5.75 Å². The summed E-state index contributed by atoms with van der Waals surface area (Å²) in [6, 6.07) is 19.7. The molecule has 0 N–H and O–H groups in total. The van der Waals surface area contributed by atoms with Crippen molar-refractivity contribution in [2.45, 2.75) is 13.1 Å². The van der Waals surface area contributed by atoms with Crippen molar-refractivity contribution >= 4 is 16.9 Å². The number of hydrogen-bond acceptors (Lipinski definition) is 4. The van der Waals surface area contributed by atoms with E-state index >= 15 is 0 Å². The average molecular weight is 386 g/mol. The minimum absolute atomic E-state index is 0.0778. The van der Waals surface area contributed by atoms with Crippen molar-refractivity contribution in [3.63, 3.8) is 0 Å². The Hall–Kier alpha value is -3.67. The van der Waals surface area contributed by atoms with Gasteiger partial charge in [-0.05, 0) is 29.3 Å². The van der Waals surface area contributed by atoms with Gasteiger partial charge >= 0.3 is 0 Å². The van der Waals surface area contributed by atoms with Gasteiger partial charge in [-0.2, -0.15) is 5.10 Å². The first-order chi connectivity index (χ1) is 14.1. The Kier molecular flexibility index (Phi) is 5.24. The van der Waals surface area contributed by atoms with E-state index in [1.54, 1.807) is 31.5 Å². The van der Waals surface area contributed by atoms with Crippen molar-refractivity contribution in [1.82, 2.24) is 19.7 Å². The van der Waals surface area contributed by atoms with E-state index in [1.165, 1.54) is 0 Å². The van der Waals surface area contributed by atoms with E-state index in [9.17, 15) is 4.79 Å². The molecule has 1 amide bonds. The zero-order valence-corrected chi connectivity index (χ0v) is 16.4. The molecule has 0 unspecified atom stereocenters. The molecule has 0 aliphatic heterocycles. The van der Waals surface area contributed by atoms with E-state index in [2.05, 4.69) is 22.2 Å². The molecule has 0 fully saturated rings. The molecule has 0 spiro atoms. The number of pyridine rings is 1. The second-order valence-corrected chi connectivity index (χ2v) is 6.93. The molecule has 2 aromatic carbocycles. The summed E-state index contributed by atoms with van der Waals surface area (Å²) in [5.74, 6) is 0.718. The highest BCUT2D eigenvalue weighted by Crippen LogP contribution is 2.17. The monoisotopic (exact) mass is 386 g/mol. The molecular formula is C23H22N4O2. The summed E-state index contributed by atoms with van der Waals surface area (Å²) in [7, 11) is 3.42. The van der Waals surface area contributed by atoms with Crippen LogP contribution in [0.5, 0.6) is 5.75 Å². The molecule has 0 saturated carbocycles. The third-order valence-corrected chi connectivity index (χ3v) is 4.82. The Labute approximate surface area is 169 Å². The molecule has 0 radical (unpaired) electrons. The molecule has 2 heterocycles. The standard InChI is InChI=1S/C23H22N4O2/c1-26(15-18-8-10-21(29-2)11-9-18)23(28)20-12-19-14-25-27(22(19)24-13-20)16-17-6-4-3-5-7-17/h3-14H,15-16H2,1-2H3. The number of nitrogens with zero attached hydrogens (tertiary/aromatic N) is 4. The maximum atomic E-state index is 12.8. The van der Waals surface area contributed by atoms with Crippen molar-refractivity contribution in [3.05, 3.63) is 89.7 Å². The molecule has 6 nitrogen and oxygen atoms in total. The van der Waals surface area contributed by atoms with Gasteiger partial charge in [0.1, 0.15) is 5.75 Å². The van der Waals surface area contributed by atoms with Crippen LogP contribution in [0, 0.1) is 0 Å². The molecule has 2 aromatic heterocycles. The number of ether oxygens (including phenoxy) is 1. The first-order valence-electron chi connectivity index (χ1n) is 9.38. The van der Waals surface area contributed by atoms with Crippen LogP contribution in [0.25, 0.3) is 11.0 Å². The van der Waals surface area contributed by atoms with Crippen LogP contribution in [0.1, 0.15) is 21.5 Å². The maximum Gasteiger partial charge on any atom is 0.255 e. The van der Waals surface area contributed by atoms with Crippen LogP contribution < -0.4 is 4.74 Å². The number of carbonyl (C=O) groups is 1. The lowest BCUT2D eigenvalue weighted by Crippen LogP contribution is -2.26. The smallest absolute Gasteiger partial charge is 0.255 e. The van der Waals surface area contributed by atoms with Gasteiger partial charge in [0.05, 0.1) is 25.4 Å². The average Bonchev–Trinajstić information content (AvgIpc) is 3.16. The highest BCUT2D eigenvalue weighted by molar-refractivity contribution is 5.96. The Balaban J connectivity index is 1.50. The fourth-order valence-corrected chi connectivity index (χ4v) is 3.26. The zero-order valence-electron chi connectivity index (χ0n) is 16.4. The molecule has 146 valence electrons. The third-order valence-electron chi connectivity index (χ3n) is 4.82. The van der Waals surface area contributed by atoms with E-state index in [0.29, 0.717) is 18.7 Å². The Morgan fingerprint density at radius 1 is 1.03 bits per heavy atom.